The predicted octanol–water partition coefficient (Wildman–Crippen LogP) is 3.44. The van der Waals surface area contributed by atoms with Gasteiger partial charge in [-0.2, -0.15) is 0 Å². The summed E-state index contributed by atoms with van der Waals surface area (Å²) < 4.78 is 11.3. The maximum atomic E-state index is 12.8. The van der Waals surface area contributed by atoms with Crippen molar-refractivity contribution in [2.45, 2.75) is 18.9 Å². The quantitative estimate of drug-likeness (QED) is 0.853. The number of nitrogens with zero attached hydrogens (tertiary/aromatic N) is 1. The van der Waals surface area contributed by atoms with Crippen LogP contribution in [-0.4, -0.2) is 30.6 Å². The molecule has 1 fully saturated rings. The first-order valence-electron chi connectivity index (χ1n) is 8.08. The van der Waals surface area contributed by atoms with Crippen LogP contribution >= 0.6 is 0 Å². The highest BCUT2D eigenvalue weighted by atomic mass is 16.6. The molecule has 1 atom stereocenters. The zero-order chi connectivity index (χ0) is 15.6. The van der Waals surface area contributed by atoms with E-state index in [0.29, 0.717) is 13.2 Å². The maximum absolute atomic E-state index is 12.8. The summed E-state index contributed by atoms with van der Waals surface area (Å²) >= 11 is 0. The van der Waals surface area contributed by atoms with E-state index in [2.05, 4.69) is 6.07 Å². The van der Waals surface area contributed by atoms with Crippen molar-refractivity contribution in [3.05, 3.63) is 59.7 Å². The summed E-state index contributed by atoms with van der Waals surface area (Å²) in [5, 5.41) is 0. The van der Waals surface area contributed by atoms with Crippen LogP contribution in [0.5, 0.6) is 11.5 Å². The number of fused-ring (bicyclic) bond motifs is 1. The highest BCUT2D eigenvalue weighted by Gasteiger charge is 2.31. The van der Waals surface area contributed by atoms with Gasteiger partial charge in [-0.05, 0) is 42.7 Å². The first kappa shape index (κ1) is 14.1. The van der Waals surface area contributed by atoms with E-state index < -0.39 is 0 Å². The first-order chi connectivity index (χ1) is 11.3. The lowest BCUT2D eigenvalue weighted by Crippen LogP contribution is -2.30. The Morgan fingerprint density at radius 2 is 1.78 bits per heavy atom. The normalized spacial score (nSPS) is 19.7. The number of likely N-dealkylation sites (tertiary alicyclic amines) is 1. The van der Waals surface area contributed by atoms with Gasteiger partial charge in [-0.25, -0.2) is 0 Å². The van der Waals surface area contributed by atoms with Crippen molar-refractivity contribution in [2.75, 3.05) is 19.8 Å². The Hall–Kier alpha value is -2.49. The molecule has 0 spiro atoms. The van der Waals surface area contributed by atoms with Crippen LogP contribution in [0.4, 0.5) is 0 Å². The lowest BCUT2D eigenvalue weighted by Gasteiger charge is -2.27. The summed E-state index contributed by atoms with van der Waals surface area (Å²) in [4.78, 5) is 14.8. The molecule has 118 valence electrons. The second-order valence-electron chi connectivity index (χ2n) is 5.93. The van der Waals surface area contributed by atoms with Gasteiger partial charge in [0.25, 0.3) is 5.91 Å². The summed E-state index contributed by atoms with van der Waals surface area (Å²) in [6.45, 7) is 1.97. The summed E-state index contributed by atoms with van der Waals surface area (Å²) in [6.07, 6.45) is 2.01. The molecule has 23 heavy (non-hydrogen) atoms. The van der Waals surface area contributed by atoms with Crippen LogP contribution in [0.3, 0.4) is 0 Å². The van der Waals surface area contributed by atoms with Crippen molar-refractivity contribution < 1.29 is 14.3 Å². The number of amides is 1. The maximum Gasteiger partial charge on any atom is 0.254 e. The van der Waals surface area contributed by atoms with Crippen LogP contribution in [0, 0.1) is 0 Å². The molecule has 2 aliphatic heterocycles. The molecule has 1 amide bonds. The van der Waals surface area contributed by atoms with Crippen LogP contribution in [0.2, 0.25) is 0 Å². The van der Waals surface area contributed by atoms with Crippen LogP contribution in [0.25, 0.3) is 0 Å². The average Bonchev–Trinajstić information content (AvgIpc) is 3.11. The molecule has 1 saturated heterocycles. The Labute approximate surface area is 135 Å². The fourth-order valence-corrected chi connectivity index (χ4v) is 3.37. The zero-order valence-corrected chi connectivity index (χ0v) is 12.9. The fraction of sp³-hybridized carbons (Fsp3) is 0.316. The van der Waals surface area contributed by atoms with Gasteiger partial charge in [0.1, 0.15) is 13.2 Å². The van der Waals surface area contributed by atoms with Crippen LogP contribution in [0.15, 0.2) is 48.5 Å². The molecule has 2 aliphatic rings. The van der Waals surface area contributed by atoms with Crippen molar-refractivity contribution >= 4 is 5.91 Å². The first-order valence-corrected chi connectivity index (χ1v) is 8.08. The van der Waals surface area contributed by atoms with Crippen molar-refractivity contribution in [1.29, 1.82) is 0 Å². The summed E-state index contributed by atoms with van der Waals surface area (Å²) in [5.74, 6) is 1.68. The molecule has 0 aliphatic carbocycles. The molecule has 0 saturated carbocycles. The van der Waals surface area contributed by atoms with Gasteiger partial charge in [-0.3, -0.25) is 4.79 Å². The van der Waals surface area contributed by atoms with E-state index in [-0.39, 0.29) is 11.9 Å². The lowest BCUT2D eigenvalue weighted by atomic mass is 10.0. The Morgan fingerprint density at radius 3 is 2.61 bits per heavy atom. The van der Waals surface area contributed by atoms with E-state index >= 15 is 0 Å². The Kier molecular flexibility index (Phi) is 3.66. The summed E-state index contributed by atoms with van der Waals surface area (Å²) in [7, 11) is 0. The minimum atomic E-state index is 0.1000. The van der Waals surface area contributed by atoms with Gasteiger partial charge in [0.2, 0.25) is 0 Å². The van der Waals surface area contributed by atoms with Crippen molar-refractivity contribution in [2.24, 2.45) is 0 Å². The highest BCUT2D eigenvalue weighted by Crippen LogP contribution is 2.38. The number of ether oxygens (including phenoxy) is 2. The Bertz CT molecular complexity index is 714. The predicted molar refractivity (Wildman–Crippen MR) is 86.9 cm³/mol. The fourth-order valence-electron chi connectivity index (χ4n) is 3.37. The smallest absolute Gasteiger partial charge is 0.254 e. The second-order valence-corrected chi connectivity index (χ2v) is 5.93. The van der Waals surface area contributed by atoms with E-state index in [1.54, 1.807) is 0 Å². The highest BCUT2D eigenvalue weighted by molar-refractivity contribution is 5.94. The number of hydrogen-bond donors (Lipinski definition) is 0. The van der Waals surface area contributed by atoms with Gasteiger partial charge in [0, 0.05) is 12.1 Å². The van der Waals surface area contributed by atoms with Gasteiger partial charge < -0.3 is 14.4 Å². The number of hydrogen-bond acceptors (Lipinski definition) is 3. The molecule has 2 aromatic carbocycles. The number of benzene rings is 2. The molecule has 2 heterocycles. The van der Waals surface area contributed by atoms with Crippen molar-refractivity contribution in [3.8, 4) is 11.5 Å². The molecule has 4 heteroatoms. The van der Waals surface area contributed by atoms with E-state index in [0.717, 1.165) is 42.0 Å². The SMILES string of the molecule is O=C(c1ccccc1)N1CCC[C@@H]1c1ccc2c(c1)OCCO2. The monoisotopic (exact) mass is 309 g/mol. The Morgan fingerprint density at radius 1 is 1.00 bits per heavy atom. The molecule has 0 unspecified atom stereocenters. The van der Waals surface area contributed by atoms with E-state index in [4.69, 9.17) is 9.47 Å². The third-order valence-corrected chi connectivity index (χ3v) is 4.49. The Balaban J connectivity index is 1.62. The van der Waals surface area contributed by atoms with E-state index in [1.807, 2.05) is 47.4 Å². The molecule has 4 nitrogen and oxygen atoms in total. The van der Waals surface area contributed by atoms with Crippen LogP contribution in [0.1, 0.15) is 34.8 Å². The molecule has 4 rings (SSSR count). The molecule has 0 aromatic heterocycles. The van der Waals surface area contributed by atoms with Gasteiger partial charge in [0.15, 0.2) is 11.5 Å². The number of rotatable bonds is 2. The summed E-state index contributed by atoms with van der Waals surface area (Å²) in [5.41, 5.74) is 1.87. The van der Waals surface area contributed by atoms with Gasteiger partial charge in [-0.15, -0.1) is 0 Å². The number of carbonyl (C=O) groups is 1. The second kappa shape index (κ2) is 5.95. The standard InChI is InChI=1S/C19H19NO3/c21-19(14-5-2-1-3-6-14)20-10-4-7-16(20)15-8-9-17-18(13-15)23-12-11-22-17/h1-3,5-6,8-9,13,16H,4,7,10-12H2/t16-/m1/s1. The van der Waals surface area contributed by atoms with Crippen molar-refractivity contribution in [3.63, 3.8) is 0 Å². The molecule has 0 bridgehead atoms. The average molecular weight is 309 g/mol. The van der Waals surface area contributed by atoms with E-state index in [9.17, 15) is 4.79 Å². The topological polar surface area (TPSA) is 38.8 Å². The van der Waals surface area contributed by atoms with Gasteiger partial charge in [0.05, 0.1) is 6.04 Å². The van der Waals surface area contributed by atoms with Crippen LogP contribution in [-0.2, 0) is 0 Å². The molecule has 0 N–H and O–H groups in total. The minimum absolute atomic E-state index is 0.1000. The van der Waals surface area contributed by atoms with Gasteiger partial charge >= 0.3 is 0 Å². The third-order valence-electron chi connectivity index (χ3n) is 4.49. The minimum Gasteiger partial charge on any atom is -0.486 e. The molecule has 0 radical (unpaired) electrons. The molecular weight excluding hydrogens is 290 g/mol. The largest absolute Gasteiger partial charge is 0.486 e. The molecular formula is C19H19NO3. The lowest BCUT2D eigenvalue weighted by molar-refractivity contribution is 0.0735. The molecule has 2 aromatic rings. The van der Waals surface area contributed by atoms with Gasteiger partial charge in [-0.1, -0.05) is 24.3 Å². The van der Waals surface area contributed by atoms with Crippen molar-refractivity contribution in [1.82, 2.24) is 4.90 Å². The third kappa shape index (κ3) is 2.65. The number of carbonyl (C=O) groups excluding carboxylic acids is 1. The zero-order valence-electron chi connectivity index (χ0n) is 12.9. The van der Waals surface area contributed by atoms with Crippen LogP contribution < -0.4 is 9.47 Å². The summed E-state index contributed by atoms with van der Waals surface area (Å²) in [6, 6.07) is 15.6. The van der Waals surface area contributed by atoms with E-state index in [1.165, 1.54) is 0 Å².